The average Bonchev–Trinajstić information content (AvgIpc) is 3.51. The molecule has 235 valence electrons. The first kappa shape index (κ1) is 35.6. The third kappa shape index (κ3) is 7.16. The SMILES string of the molecule is CCCCC1=Cc2c(C#CC(C)(C)C)cccc2[CH]1[Zr]([Cl])([Cl])([CH]1C(CCCC)=Cc2c(C#CC(C)(C)C)cccc21)[SiH](C)C. The van der Waals surface area contributed by atoms with Crippen LogP contribution in [0.15, 0.2) is 47.5 Å². The number of unbranched alkanes of at least 4 members (excludes halogenated alkanes) is 2. The summed E-state index contributed by atoms with van der Waals surface area (Å²) in [5.41, 5.74) is 10.2. The molecule has 0 saturated heterocycles. The van der Waals surface area contributed by atoms with Gasteiger partial charge in [-0.1, -0.05) is 0 Å². The van der Waals surface area contributed by atoms with Crippen LogP contribution in [0.5, 0.6) is 0 Å². The fourth-order valence-corrected chi connectivity index (χ4v) is 38.5. The molecule has 0 N–H and O–H groups in total. The van der Waals surface area contributed by atoms with E-state index in [4.69, 9.17) is 17.0 Å². The van der Waals surface area contributed by atoms with Crippen molar-refractivity contribution in [2.75, 3.05) is 0 Å². The van der Waals surface area contributed by atoms with Crippen molar-refractivity contribution >= 4 is 35.1 Å². The third-order valence-corrected chi connectivity index (χ3v) is 61.1. The van der Waals surface area contributed by atoms with E-state index in [1.807, 2.05) is 0 Å². The molecule has 0 nitrogen and oxygen atoms in total. The van der Waals surface area contributed by atoms with Gasteiger partial charge in [0.15, 0.2) is 0 Å². The van der Waals surface area contributed by atoms with Crippen molar-refractivity contribution in [2.24, 2.45) is 10.8 Å². The molecule has 2 atom stereocenters. The summed E-state index contributed by atoms with van der Waals surface area (Å²) in [7, 11) is 17.3. The predicted octanol–water partition coefficient (Wildman–Crippen LogP) is 12.4. The van der Waals surface area contributed by atoms with Crippen molar-refractivity contribution in [3.05, 3.63) is 80.9 Å². The van der Waals surface area contributed by atoms with Crippen LogP contribution in [0.25, 0.3) is 12.2 Å². The zero-order valence-corrected chi connectivity index (χ0v) is 34.0. The Kier molecular flexibility index (Phi) is 10.9. The summed E-state index contributed by atoms with van der Waals surface area (Å²) in [6, 6.07) is 13.4. The molecule has 2 unspecified atom stereocenters. The van der Waals surface area contributed by atoms with Gasteiger partial charge in [0.1, 0.15) is 0 Å². The van der Waals surface area contributed by atoms with E-state index in [1.165, 1.54) is 33.4 Å². The molecule has 2 aliphatic carbocycles. The molecule has 0 aromatic heterocycles. The van der Waals surface area contributed by atoms with E-state index in [1.54, 1.807) is 0 Å². The van der Waals surface area contributed by atoms with Crippen molar-refractivity contribution in [3.8, 4) is 23.7 Å². The number of fused-ring (bicyclic) bond motifs is 2. The van der Waals surface area contributed by atoms with Crippen LogP contribution < -0.4 is 0 Å². The van der Waals surface area contributed by atoms with E-state index in [0.717, 1.165) is 49.7 Å². The molecule has 0 fully saturated rings. The Bertz CT molecular complexity index is 1470. The van der Waals surface area contributed by atoms with Crippen molar-refractivity contribution in [1.82, 2.24) is 0 Å². The third-order valence-electron chi connectivity index (χ3n) is 9.29. The van der Waals surface area contributed by atoms with Gasteiger partial charge in [0.2, 0.25) is 0 Å². The van der Waals surface area contributed by atoms with E-state index in [0.29, 0.717) is 0 Å². The Morgan fingerprint density at radius 1 is 0.682 bits per heavy atom. The van der Waals surface area contributed by atoms with Crippen LogP contribution in [-0.4, -0.2) is 5.92 Å². The summed E-state index contributed by atoms with van der Waals surface area (Å²) in [5, 5.41) is 0. The van der Waals surface area contributed by atoms with Crippen molar-refractivity contribution < 1.29 is 15.6 Å². The zero-order chi connectivity index (χ0) is 32.5. The molecular formula is C40H53Cl2SiZr. The second-order valence-corrected chi connectivity index (χ2v) is 58.0. The first-order valence-corrected chi connectivity index (χ1v) is 33.1. The molecule has 2 aliphatic rings. The number of halogens is 2. The summed E-state index contributed by atoms with van der Waals surface area (Å²) in [5.74, 6) is 12.5. The van der Waals surface area contributed by atoms with E-state index in [2.05, 4.69) is 141 Å². The number of rotatable bonds is 9. The summed E-state index contributed by atoms with van der Waals surface area (Å²) in [6.45, 7) is 22.5. The van der Waals surface area contributed by atoms with Crippen LogP contribution in [0.1, 0.15) is 135 Å². The van der Waals surface area contributed by atoms with Gasteiger partial charge in [-0.3, -0.25) is 0 Å². The summed E-state index contributed by atoms with van der Waals surface area (Å²) < 4.78 is 0.212. The van der Waals surface area contributed by atoms with Crippen LogP contribution in [0.3, 0.4) is 0 Å². The van der Waals surface area contributed by atoms with E-state index >= 15 is 0 Å². The van der Waals surface area contributed by atoms with E-state index in [9.17, 15) is 0 Å². The van der Waals surface area contributed by atoms with Gasteiger partial charge < -0.3 is 0 Å². The van der Waals surface area contributed by atoms with Gasteiger partial charge in [0.25, 0.3) is 0 Å². The van der Waals surface area contributed by atoms with Gasteiger partial charge in [0.05, 0.1) is 0 Å². The molecule has 0 saturated carbocycles. The topological polar surface area (TPSA) is 0 Å². The Balaban J connectivity index is 2.01. The molecule has 0 aliphatic heterocycles. The molecule has 2 aromatic rings. The van der Waals surface area contributed by atoms with Crippen LogP contribution >= 0.6 is 17.0 Å². The molecule has 44 heavy (non-hydrogen) atoms. The Morgan fingerprint density at radius 2 is 1.07 bits per heavy atom. The van der Waals surface area contributed by atoms with Gasteiger partial charge in [-0.15, -0.1) is 0 Å². The molecule has 4 heteroatoms. The van der Waals surface area contributed by atoms with Crippen LogP contribution in [0.2, 0.25) is 13.1 Å². The van der Waals surface area contributed by atoms with Crippen molar-refractivity contribution in [3.63, 3.8) is 0 Å². The number of benzene rings is 2. The first-order valence-electron chi connectivity index (χ1n) is 16.8. The van der Waals surface area contributed by atoms with Crippen LogP contribution in [0.4, 0.5) is 0 Å². The molecule has 0 spiro atoms. The number of hydrogen-bond acceptors (Lipinski definition) is 0. The maximum atomic E-state index is 8.63. The normalized spacial score (nSPS) is 18.7. The van der Waals surface area contributed by atoms with Gasteiger partial charge in [-0.2, -0.15) is 0 Å². The Morgan fingerprint density at radius 3 is 1.39 bits per heavy atom. The summed E-state index contributed by atoms with van der Waals surface area (Å²) in [4.78, 5) is 0. The van der Waals surface area contributed by atoms with Crippen LogP contribution in [-0.2, 0) is 15.6 Å². The molecule has 2 aromatic carbocycles. The van der Waals surface area contributed by atoms with Crippen LogP contribution in [0, 0.1) is 34.5 Å². The fourth-order valence-electron chi connectivity index (χ4n) is 6.99. The van der Waals surface area contributed by atoms with Gasteiger partial charge >= 0.3 is 280 Å². The minimum absolute atomic E-state index is 0.0659. The molecule has 4 rings (SSSR count). The monoisotopic (exact) mass is 721 g/mol. The van der Waals surface area contributed by atoms with Gasteiger partial charge in [0, 0.05) is 0 Å². The second-order valence-electron chi connectivity index (χ2n) is 15.5. The van der Waals surface area contributed by atoms with E-state index in [-0.39, 0.29) is 18.1 Å². The molecule has 0 bridgehead atoms. The quantitative estimate of drug-likeness (QED) is 0.178. The minimum atomic E-state index is -4.80. The maximum absolute atomic E-state index is 8.63. The van der Waals surface area contributed by atoms with Crippen molar-refractivity contribution in [1.29, 1.82) is 0 Å². The van der Waals surface area contributed by atoms with Gasteiger partial charge in [-0.25, -0.2) is 0 Å². The predicted molar refractivity (Wildman–Crippen MR) is 197 cm³/mol. The standard InChI is InChI=1S/2C19H23.C2H7Si.2ClH.Zr/c2*1-5-6-8-15-13-17-10-7-9-16(18(17)14-15)11-12-19(2,3)4;1-3-2;;;/h2*7,9-10,13-14H,5-6,8H2,1-4H3;3H,1-2H3;2*1H;/q;;;;;+2/p-2. The zero-order valence-electron chi connectivity index (χ0n) is 28.8. The number of hydrogen-bond donors (Lipinski definition) is 0. The van der Waals surface area contributed by atoms with Crippen molar-refractivity contribution in [2.45, 2.75) is 114 Å². The second kappa shape index (κ2) is 13.4. The molecule has 0 amide bonds. The molecular weight excluding hydrogens is 671 g/mol. The Labute approximate surface area is 278 Å². The molecule has 0 radical (unpaired) electrons. The molecule has 0 heterocycles. The average molecular weight is 724 g/mol. The first-order chi connectivity index (χ1) is 20.5. The van der Waals surface area contributed by atoms with E-state index < -0.39 is 21.5 Å². The Hall–Kier alpha value is -1.28. The fraction of sp³-hybridized carbons (Fsp3) is 0.500. The summed E-state index contributed by atoms with van der Waals surface area (Å²) >= 11 is -4.80. The summed E-state index contributed by atoms with van der Waals surface area (Å²) in [6.07, 6.45) is 11.6. The number of allylic oxidation sites excluding steroid dienone is 2. The van der Waals surface area contributed by atoms with Gasteiger partial charge in [-0.05, 0) is 0 Å².